The number of nitriles is 1. The molecule has 8 nitrogen and oxygen atoms in total. The van der Waals surface area contributed by atoms with E-state index in [2.05, 4.69) is 21.1 Å². The molecule has 0 aliphatic rings. The minimum Gasteiger partial charge on any atom is -0.381 e. The molecule has 0 saturated heterocycles. The number of aromatic nitrogens is 5. The maximum atomic E-state index is 13.6. The molecule has 0 aliphatic carbocycles. The van der Waals surface area contributed by atoms with E-state index in [1.54, 1.807) is 37.3 Å². The maximum Gasteiger partial charge on any atom is 0.271 e. The zero-order valence-electron chi connectivity index (χ0n) is 18.8. The molecule has 1 N–H and O–H groups in total. The molecule has 5 rings (SSSR count). The smallest absolute Gasteiger partial charge is 0.271 e. The third kappa shape index (κ3) is 4.29. The molecule has 5 aromatic rings. The fourth-order valence-electron chi connectivity index (χ4n) is 4.13. The number of nitrogens with zero attached hydrogens (tertiary/aromatic N) is 6. The zero-order valence-corrected chi connectivity index (χ0v) is 21.2. The van der Waals surface area contributed by atoms with Gasteiger partial charge >= 0.3 is 0 Å². The predicted octanol–water partition coefficient (Wildman–Crippen LogP) is 5.04. The minimum atomic E-state index is -1.65. The fourth-order valence-corrected chi connectivity index (χ4v) is 5.75. The number of hydrogen-bond acceptors (Lipinski definition) is 7. The van der Waals surface area contributed by atoms with E-state index in [1.807, 2.05) is 18.2 Å². The Morgan fingerprint density at radius 2 is 1.94 bits per heavy atom. The van der Waals surface area contributed by atoms with E-state index >= 15 is 0 Å². The summed E-state index contributed by atoms with van der Waals surface area (Å²) in [7, 11) is 0. The molecule has 0 spiro atoms. The van der Waals surface area contributed by atoms with Crippen molar-refractivity contribution in [2.45, 2.75) is 25.1 Å². The van der Waals surface area contributed by atoms with E-state index in [0.717, 1.165) is 10.4 Å². The van der Waals surface area contributed by atoms with Gasteiger partial charge in [0.05, 0.1) is 36.1 Å². The fraction of sp³-hybridized carbons (Fsp3) is 0.160. The van der Waals surface area contributed by atoms with Crippen LogP contribution in [0.1, 0.15) is 24.1 Å². The number of halogens is 2. The van der Waals surface area contributed by atoms with Crippen molar-refractivity contribution in [3.63, 3.8) is 0 Å². The van der Waals surface area contributed by atoms with Crippen LogP contribution in [0.4, 0.5) is 0 Å². The average Bonchev–Trinajstić information content (AvgIpc) is 3.54. The van der Waals surface area contributed by atoms with Crippen molar-refractivity contribution >= 4 is 44.8 Å². The number of hydrogen-bond donors (Lipinski definition) is 1. The van der Waals surface area contributed by atoms with Crippen molar-refractivity contribution in [3.8, 4) is 16.5 Å². The van der Waals surface area contributed by atoms with Gasteiger partial charge < -0.3 is 5.11 Å². The monoisotopic (exact) mass is 536 g/mol. The van der Waals surface area contributed by atoms with Crippen LogP contribution in [0, 0.1) is 11.3 Å². The Balaban J connectivity index is 1.61. The Hall–Kier alpha value is -3.55. The van der Waals surface area contributed by atoms with Crippen molar-refractivity contribution in [3.05, 3.63) is 99.0 Å². The molecule has 0 aliphatic heterocycles. The summed E-state index contributed by atoms with van der Waals surface area (Å²) in [6, 6.07) is 15.1. The van der Waals surface area contributed by atoms with E-state index < -0.39 is 11.6 Å². The zero-order chi connectivity index (χ0) is 25.4. The lowest BCUT2D eigenvalue weighted by Gasteiger charge is -2.36. The van der Waals surface area contributed by atoms with E-state index in [4.69, 9.17) is 28.5 Å². The van der Waals surface area contributed by atoms with Gasteiger partial charge in [0.15, 0.2) is 0 Å². The van der Waals surface area contributed by atoms with Crippen LogP contribution >= 0.6 is 34.5 Å². The highest BCUT2D eigenvalue weighted by Gasteiger charge is 2.40. The summed E-state index contributed by atoms with van der Waals surface area (Å²) < 4.78 is 3.34. The molecular formula is C25H18Cl2N6O2S. The summed E-state index contributed by atoms with van der Waals surface area (Å²) >= 11 is 13.9. The molecule has 2 aromatic carbocycles. The van der Waals surface area contributed by atoms with Crippen LogP contribution in [-0.4, -0.2) is 29.4 Å². The molecule has 3 heterocycles. The first-order chi connectivity index (χ1) is 17.3. The summed E-state index contributed by atoms with van der Waals surface area (Å²) in [6.07, 6.45) is 4.28. The third-order valence-corrected chi connectivity index (χ3v) is 7.85. The average molecular weight is 537 g/mol. The summed E-state index contributed by atoms with van der Waals surface area (Å²) in [5, 5.41) is 25.9. The Labute approximate surface area is 219 Å². The lowest BCUT2D eigenvalue weighted by Crippen LogP contribution is -2.43. The SMILES string of the molecule is CC(n1cnc2cc(-c3ccc(C#N)cc3)sc2c1=O)C(O)(Cn1cncn1)c1ccc(Cl)cc1Cl. The van der Waals surface area contributed by atoms with Gasteiger partial charge in [0, 0.05) is 20.5 Å². The standard InChI is InChI=1S/C25H18Cl2N6O2S/c1-15(25(35,11-32-13-29-12-31-32)19-7-6-18(26)8-20(19)27)33-14-30-21-9-22(36-23(21)24(33)34)17-4-2-16(10-28)3-5-17/h2-9,12-15,35H,11H2,1H3. The summed E-state index contributed by atoms with van der Waals surface area (Å²) in [5.41, 5.74) is 0.444. The van der Waals surface area contributed by atoms with Gasteiger partial charge in [-0.15, -0.1) is 11.3 Å². The highest BCUT2D eigenvalue weighted by Crippen LogP contribution is 2.39. The second kappa shape index (κ2) is 9.48. The van der Waals surface area contributed by atoms with Gasteiger partial charge in [-0.1, -0.05) is 41.4 Å². The Kier molecular flexibility index (Phi) is 6.36. The van der Waals surface area contributed by atoms with Crippen molar-refractivity contribution in [1.29, 1.82) is 5.26 Å². The van der Waals surface area contributed by atoms with E-state index in [1.165, 1.54) is 39.6 Å². The second-order valence-corrected chi connectivity index (χ2v) is 10.2. The molecule has 2 unspecified atom stereocenters. The van der Waals surface area contributed by atoms with Gasteiger partial charge in [0.2, 0.25) is 0 Å². The molecule has 36 heavy (non-hydrogen) atoms. The predicted molar refractivity (Wildman–Crippen MR) is 139 cm³/mol. The van der Waals surface area contributed by atoms with Gasteiger partial charge in [0.1, 0.15) is 23.0 Å². The van der Waals surface area contributed by atoms with Crippen LogP contribution < -0.4 is 5.56 Å². The Morgan fingerprint density at radius 3 is 2.61 bits per heavy atom. The topological polar surface area (TPSA) is 110 Å². The van der Waals surface area contributed by atoms with Crippen molar-refractivity contribution in [2.24, 2.45) is 0 Å². The number of thiophene rings is 1. The Morgan fingerprint density at radius 1 is 1.17 bits per heavy atom. The third-order valence-electron chi connectivity index (χ3n) is 6.14. The van der Waals surface area contributed by atoms with Crippen LogP contribution in [0.2, 0.25) is 10.0 Å². The second-order valence-electron chi connectivity index (χ2n) is 8.29. The van der Waals surface area contributed by atoms with Crippen LogP contribution in [0.15, 0.2) is 72.3 Å². The van der Waals surface area contributed by atoms with Crippen LogP contribution in [0.25, 0.3) is 20.7 Å². The van der Waals surface area contributed by atoms with Gasteiger partial charge in [-0.25, -0.2) is 14.6 Å². The van der Waals surface area contributed by atoms with Crippen LogP contribution in [0.3, 0.4) is 0 Å². The highest BCUT2D eigenvalue weighted by molar-refractivity contribution is 7.22. The largest absolute Gasteiger partial charge is 0.381 e. The number of rotatable bonds is 6. The van der Waals surface area contributed by atoms with Gasteiger partial charge in [-0.3, -0.25) is 9.36 Å². The molecule has 0 radical (unpaired) electrons. The van der Waals surface area contributed by atoms with E-state index in [9.17, 15) is 9.90 Å². The van der Waals surface area contributed by atoms with E-state index in [-0.39, 0.29) is 17.1 Å². The molecule has 11 heteroatoms. The molecule has 0 bridgehead atoms. The number of aliphatic hydroxyl groups is 1. The lowest BCUT2D eigenvalue weighted by atomic mass is 9.86. The first-order valence-corrected chi connectivity index (χ1v) is 12.4. The Bertz CT molecular complexity index is 1660. The van der Waals surface area contributed by atoms with Gasteiger partial charge in [-0.05, 0) is 42.8 Å². The summed E-state index contributed by atoms with van der Waals surface area (Å²) in [5.74, 6) is 0. The molecule has 3 aromatic heterocycles. The minimum absolute atomic E-state index is 0.0130. The molecule has 0 fully saturated rings. The number of fused-ring (bicyclic) bond motifs is 1. The van der Waals surface area contributed by atoms with Gasteiger partial charge in [0.25, 0.3) is 5.56 Å². The molecule has 0 amide bonds. The van der Waals surface area contributed by atoms with Crippen LogP contribution in [-0.2, 0) is 12.1 Å². The molecule has 2 atom stereocenters. The maximum absolute atomic E-state index is 13.6. The van der Waals surface area contributed by atoms with Gasteiger partial charge in [-0.2, -0.15) is 10.4 Å². The van der Waals surface area contributed by atoms with Crippen molar-refractivity contribution < 1.29 is 5.11 Å². The molecule has 0 saturated carbocycles. The highest BCUT2D eigenvalue weighted by atomic mass is 35.5. The molecular weight excluding hydrogens is 519 g/mol. The summed E-state index contributed by atoms with van der Waals surface area (Å²) in [4.78, 5) is 22.9. The quantitative estimate of drug-likeness (QED) is 0.325. The normalized spacial score (nSPS) is 13.9. The molecule has 180 valence electrons. The number of benzene rings is 2. The van der Waals surface area contributed by atoms with Crippen molar-refractivity contribution in [2.75, 3.05) is 0 Å². The van der Waals surface area contributed by atoms with E-state index in [0.29, 0.717) is 26.4 Å². The van der Waals surface area contributed by atoms with Crippen molar-refractivity contribution in [1.82, 2.24) is 24.3 Å². The first-order valence-electron chi connectivity index (χ1n) is 10.8. The lowest BCUT2D eigenvalue weighted by molar-refractivity contribution is -0.0313. The van der Waals surface area contributed by atoms with Crippen LogP contribution in [0.5, 0.6) is 0 Å². The first kappa shape index (κ1) is 24.2. The summed E-state index contributed by atoms with van der Waals surface area (Å²) in [6.45, 7) is 1.72.